The summed E-state index contributed by atoms with van der Waals surface area (Å²) in [5.41, 5.74) is 1.28. The Hall–Kier alpha value is -1.97. The highest BCUT2D eigenvalue weighted by atomic mass is 16.5. The third kappa shape index (κ3) is 2.48. The second-order valence-corrected chi connectivity index (χ2v) is 8.25. The van der Waals surface area contributed by atoms with Crippen LogP contribution in [-0.2, 0) is 10.2 Å². The van der Waals surface area contributed by atoms with Crippen LogP contribution in [0.25, 0.3) is 0 Å². The molecule has 0 saturated heterocycles. The first-order chi connectivity index (χ1) is 11.0. The van der Waals surface area contributed by atoms with E-state index in [1.54, 1.807) is 26.0 Å². The van der Waals surface area contributed by atoms with Crippen LogP contribution in [0.15, 0.2) is 23.8 Å². The Morgan fingerprint density at radius 1 is 1.33 bits per heavy atom. The van der Waals surface area contributed by atoms with Gasteiger partial charge >= 0.3 is 5.97 Å². The van der Waals surface area contributed by atoms with E-state index in [2.05, 4.69) is 26.8 Å². The second-order valence-electron chi connectivity index (χ2n) is 8.25. The van der Waals surface area contributed by atoms with Crippen LogP contribution in [0.3, 0.4) is 0 Å². The largest absolute Gasteiger partial charge is 0.508 e. The smallest absolute Gasteiger partial charge is 0.313 e. The fourth-order valence-electron chi connectivity index (χ4n) is 4.05. The summed E-state index contributed by atoms with van der Waals surface area (Å²) in [5, 5.41) is 20.2. The number of carbonyl (C=O) groups is 1. The summed E-state index contributed by atoms with van der Waals surface area (Å²) in [7, 11) is 0. The number of aromatic hydroxyl groups is 1. The maximum absolute atomic E-state index is 11.6. The first kappa shape index (κ1) is 16.9. The number of ether oxygens (including phenoxy) is 1. The Labute approximate surface area is 143 Å². The molecule has 0 radical (unpaired) electrons. The van der Waals surface area contributed by atoms with E-state index in [0.29, 0.717) is 17.2 Å². The maximum Gasteiger partial charge on any atom is 0.313 e. The number of benzene rings is 1. The molecular formula is C20H26O4. The second kappa shape index (κ2) is 5.27. The Morgan fingerprint density at radius 2 is 2.00 bits per heavy atom. The number of fused-ring (bicyclic) bond motifs is 3. The van der Waals surface area contributed by atoms with Gasteiger partial charge in [-0.2, -0.15) is 0 Å². The quantitative estimate of drug-likeness (QED) is 0.790. The first-order valence-corrected chi connectivity index (χ1v) is 8.49. The summed E-state index contributed by atoms with van der Waals surface area (Å²) in [6, 6.07) is 3.40. The summed E-state index contributed by atoms with van der Waals surface area (Å²) >= 11 is 0. The van der Waals surface area contributed by atoms with Gasteiger partial charge in [0.05, 0.1) is 5.41 Å². The first-order valence-electron chi connectivity index (χ1n) is 8.49. The van der Waals surface area contributed by atoms with Crippen molar-refractivity contribution in [3.63, 3.8) is 0 Å². The molecule has 130 valence electrons. The van der Waals surface area contributed by atoms with E-state index in [-0.39, 0.29) is 17.3 Å². The van der Waals surface area contributed by atoms with Crippen LogP contribution in [0.1, 0.15) is 64.5 Å². The lowest BCUT2D eigenvalue weighted by molar-refractivity contribution is -0.142. The van der Waals surface area contributed by atoms with Crippen molar-refractivity contribution in [2.24, 2.45) is 5.92 Å². The van der Waals surface area contributed by atoms with Gasteiger partial charge in [-0.15, -0.1) is 0 Å². The third-order valence-corrected chi connectivity index (χ3v) is 5.76. The highest BCUT2D eigenvalue weighted by Crippen LogP contribution is 2.54. The van der Waals surface area contributed by atoms with Gasteiger partial charge in [0.15, 0.2) is 0 Å². The Bertz CT molecular complexity index is 727. The predicted molar refractivity (Wildman–Crippen MR) is 92.7 cm³/mol. The molecule has 1 aromatic rings. The highest BCUT2D eigenvalue weighted by molar-refractivity contribution is 5.81. The Kier molecular flexibility index (Phi) is 3.70. The van der Waals surface area contributed by atoms with Gasteiger partial charge in [0.1, 0.15) is 17.1 Å². The van der Waals surface area contributed by atoms with Crippen molar-refractivity contribution in [1.29, 1.82) is 0 Å². The minimum absolute atomic E-state index is 0.150. The van der Waals surface area contributed by atoms with E-state index < -0.39 is 11.4 Å². The average molecular weight is 330 g/mol. The van der Waals surface area contributed by atoms with Gasteiger partial charge in [0, 0.05) is 17.4 Å². The molecule has 1 heterocycles. The van der Waals surface area contributed by atoms with Crippen molar-refractivity contribution in [3.05, 3.63) is 34.9 Å². The van der Waals surface area contributed by atoms with Crippen LogP contribution < -0.4 is 4.74 Å². The molecule has 0 aromatic heterocycles. The lowest BCUT2D eigenvalue weighted by Gasteiger charge is -2.47. The number of phenols is 1. The van der Waals surface area contributed by atoms with E-state index >= 15 is 0 Å². The van der Waals surface area contributed by atoms with Crippen LogP contribution >= 0.6 is 0 Å². The number of allylic oxidation sites excluding steroid dienone is 2. The maximum atomic E-state index is 11.6. The molecule has 2 atom stereocenters. The van der Waals surface area contributed by atoms with Gasteiger partial charge in [-0.3, -0.25) is 4.79 Å². The molecule has 2 N–H and O–H groups in total. The number of aliphatic carboxylic acids is 1. The number of hydrogen-bond donors (Lipinski definition) is 2. The van der Waals surface area contributed by atoms with E-state index in [1.165, 1.54) is 5.57 Å². The minimum atomic E-state index is -1.08. The van der Waals surface area contributed by atoms with E-state index in [9.17, 15) is 15.0 Å². The summed E-state index contributed by atoms with van der Waals surface area (Å²) in [6.07, 6.45) is 4.10. The summed E-state index contributed by atoms with van der Waals surface area (Å²) in [4.78, 5) is 11.6. The predicted octanol–water partition coefficient (Wildman–Crippen LogP) is 4.37. The van der Waals surface area contributed by atoms with Crippen molar-refractivity contribution in [3.8, 4) is 11.5 Å². The zero-order chi connectivity index (χ0) is 17.9. The molecule has 0 saturated carbocycles. The normalized spacial score (nSPS) is 25.1. The molecule has 0 amide bonds. The summed E-state index contributed by atoms with van der Waals surface area (Å²) < 4.78 is 6.24. The van der Waals surface area contributed by atoms with Crippen LogP contribution in [0, 0.1) is 5.92 Å². The summed E-state index contributed by atoms with van der Waals surface area (Å²) in [6.45, 7) is 9.56. The monoisotopic (exact) mass is 330 g/mol. The van der Waals surface area contributed by atoms with Crippen molar-refractivity contribution >= 4 is 5.97 Å². The minimum Gasteiger partial charge on any atom is -0.508 e. The standard InChI is InChI=1S/C20H26O4/c1-11-6-7-14-13(8-11)17-15(21)9-12(19(2,3)18(22)23)10-16(17)24-20(14,4)5/h6,9-10,13-14,21H,7-8H2,1-5H3,(H,22,23)/t13-,14-/m1/s1. The van der Waals surface area contributed by atoms with E-state index in [1.807, 2.05) is 0 Å². The molecule has 4 heteroatoms. The van der Waals surface area contributed by atoms with Crippen LogP contribution in [0.4, 0.5) is 0 Å². The van der Waals surface area contributed by atoms with E-state index in [0.717, 1.165) is 18.4 Å². The van der Waals surface area contributed by atoms with Crippen LogP contribution in [-0.4, -0.2) is 21.8 Å². The molecule has 0 fully saturated rings. The molecular weight excluding hydrogens is 304 g/mol. The van der Waals surface area contributed by atoms with Gasteiger partial charge in [0.25, 0.3) is 0 Å². The zero-order valence-electron chi connectivity index (χ0n) is 15.0. The molecule has 1 aliphatic carbocycles. The molecule has 0 bridgehead atoms. The SMILES string of the molecule is CC1=CC[C@@H]2[C@@H](C1)c1c(O)cc(C(C)(C)C(=O)O)cc1OC2(C)C. The molecule has 4 nitrogen and oxygen atoms in total. The number of rotatable bonds is 2. The number of carboxylic acid groups (broad SMARTS) is 1. The zero-order valence-corrected chi connectivity index (χ0v) is 15.0. The van der Waals surface area contributed by atoms with Crippen LogP contribution in [0.2, 0.25) is 0 Å². The molecule has 0 spiro atoms. The third-order valence-electron chi connectivity index (χ3n) is 5.76. The highest BCUT2D eigenvalue weighted by Gasteiger charge is 2.46. The van der Waals surface area contributed by atoms with Gasteiger partial charge in [-0.1, -0.05) is 11.6 Å². The number of phenolic OH excluding ortho intramolecular Hbond substituents is 1. The number of carboxylic acids is 1. The van der Waals surface area contributed by atoms with Crippen molar-refractivity contribution in [2.75, 3.05) is 0 Å². The molecule has 24 heavy (non-hydrogen) atoms. The van der Waals surface area contributed by atoms with Gasteiger partial charge < -0.3 is 14.9 Å². The lowest BCUT2D eigenvalue weighted by Crippen LogP contribution is -2.45. The topological polar surface area (TPSA) is 66.8 Å². The van der Waals surface area contributed by atoms with Gasteiger partial charge in [-0.25, -0.2) is 0 Å². The molecule has 0 unspecified atom stereocenters. The Morgan fingerprint density at radius 3 is 2.62 bits per heavy atom. The van der Waals surface area contributed by atoms with Gasteiger partial charge in [-0.05, 0) is 65.2 Å². The molecule has 1 aliphatic heterocycles. The average Bonchev–Trinajstić information content (AvgIpc) is 2.45. The van der Waals surface area contributed by atoms with Crippen molar-refractivity contribution in [2.45, 2.75) is 64.4 Å². The van der Waals surface area contributed by atoms with Crippen LogP contribution in [0.5, 0.6) is 11.5 Å². The molecule has 3 rings (SSSR count). The van der Waals surface area contributed by atoms with Crippen molar-refractivity contribution < 1.29 is 19.7 Å². The fourth-order valence-corrected chi connectivity index (χ4v) is 4.05. The number of hydrogen-bond acceptors (Lipinski definition) is 3. The van der Waals surface area contributed by atoms with E-state index in [4.69, 9.17) is 4.74 Å². The lowest BCUT2D eigenvalue weighted by atomic mass is 9.67. The molecule has 1 aromatic carbocycles. The van der Waals surface area contributed by atoms with Crippen molar-refractivity contribution in [1.82, 2.24) is 0 Å². The summed E-state index contributed by atoms with van der Waals surface area (Å²) in [5.74, 6) is 0.359. The molecule has 2 aliphatic rings. The fraction of sp³-hybridized carbons (Fsp3) is 0.550. The van der Waals surface area contributed by atoms with Gasteiger partial charge in [0.2, 0.25) is 0 Å². The Balaban J connectivity index is 2.16.